The summed E-state index contributed by atoms with van der Waals surface area (Å²) >= 11 is 0. The molecule has 0 radical (unpaired) electrons. The summed E-state index contributed by atoms with van der Waals surface area (Å²) in [6.45, 7) is 2.91. The molecule has 1 aromatic rings. The largest absolute Gasteiger partial charge is 0.363 e. The third-order valence-electron chi connectivity index (χ3n) is 1.84. The van der Waals surface area contributed by atoms with Crippen LogP contribution in [0.2, 0.25) is 0 Å². The van der Waals surface area contributed by atoms with E-state index in [2.05, 4.69) is 22.4 Å². The van der Waals surface area contributed by atoms with Crippen molar-refractivity contribution >= 4 is 5.82 Å². The van der Waals surface area contributed by atoms with Crippen molar-refractivity contribution in [3.63, 3.8) is 0 Å². The number of hydrogen-bond acceptors (Lipinski definition) is 3. The third-order valence-corrected chi connectivity index (χ3v) is 1.84. The normalized spacial score (nSPS) is 10.2. The van der Waals surface area contributed by atoms with Crippen LogP contribution in [0.25, 0.3) is 0 Å². The summed E-state index contributed by atoms with van der Waals surface area (Å²) in [4.78, 5) is 6.43. The fourth-order valence-corrected chi connectivity index (χ4v) is 1.26. The molecular weight excluding hydrogens is 162 g/mol. The molecule has 0 saturated carbocycles. The molecule has 0 aliphatic rings. The quantitative estimate of drug-likeness (QED) is 0.755. The molecule has 0 unspecified atom stereocenters. The summed E-state index contributed by atoms with van der Waals surface area (Å²) in [5.74, 6) is 1.02. The number of aromatic nitrogens is 1. The van der Waals surface area contributed by atoms with E-state index in [1.54, 1.807) is 0 Å². The third kappa shape index (κ3) is 2.70. The molecule has 72 valence electrons. The zero-order valence-electron chi connectivity index (χ0n) is 8.76. The van der Waals surface area contributed by atoms with Gasteiger partial charge < -0.3 is 10.2 Å². The average Bonchev–Trinajstić information content (AvgIpc) is 2.03. The minimum absolute atomic E-state index is 0.893. The first-order valence-corrected chi connectivity index (χ1v) is 4.43. The Kier molecular flexibility index (Phi) is 3.25. The zero-order valence-corrected chi connectivity index (χ0v) is 8.76. The van der Waals surface area contributed by atoms with E-state index < -0.39 is 0 Å². The Morgan fingerprint density at radius 3 is 2.62 bits per heavy atom. The summed E-state index contributed by atoms with van der Waals surface area (Å²) in [5.41, 5.74) is 2.34. The highest BCUT2D eigenvalue weighted by molar-refractivity contribution is 5.40. The van der Waals surface area contributed by atoms with Gasteiger partial charge in [-0.25, -0.2) is 4.98 Å². The van der Waals surface area contributed by atoms with E-state index in [0.29, 0.717) is 0 Å². The van der Waals surface area contributed by atoms with E-state index in [4.69, 9.17) is 0 Å². The van der Waals surface area contributed by atoms with Crippen LogP contribution < -0.4 is 10.2 Å². The Morgan fingerprint density at radius 1 is 1.38 bits per heavy atom. The number of nitrogens with one attached hydrogen (secondary N) is 1. The highest BCUT2D eigenvalue weighted by atomic mass is 15.1. The summed E-state index contributed by atoms with van der Waals surface area (Å²) in [5, 5.41) is 3.13. The van der Waals surface area contributed by atoms with Gasteiger partial charge in [-0.15, -0.1) is 0 Å². The van der Waals surface area contributed by atoms with Crippen molar-refractivity contribution in [3.05, 3.63) is 23.4 Å². The molecule has 0 spiro atoms. The Labute approximate surface area is 79.8 Å². The molecule has 0 fully saturated rings. The number of nitrogens with zero attached hydrogens (tertiary/aromatic N) is 2. The van der Waals surface area contributed by atoms with E-state index in [9.17, 15) is 0 Å². The maximum absolute atomic E-state index is 4.41. The molecule has 1 heterocycles. The highest BCUT2D eigenvalue weighted by Crippen LogP contribution is 2.12. The van der Waals surface area contributed by atoms with Crippen LogP contribution in [-0.2, 0) is 6.54 Å². The number of hydrogen-bond donors (Lipinski definition) is 1. The lowest BCUT2D eigenvalue weighted by Gasteiger charge is -2.13. The summed E-state index contributed by atoms with van der Waals surface area (Å²) in [6.07, 6.45) is 0. The van der Waals surface area contributed by atoms with Crippen molar-refractivity contribution in [3.8, 4) is 0 Å². The van der Waals surface area contributed by atoms with Crippen molar-refractivity contribution < 1.29 is 0 Å². The van der Waals surface area contributed by atoms with E-state index in [-0.39, 0.29) is 0 Å². The predicted octanol–water partition coefficient (Wildman–Crippen LogP) is 1.18. The van der Waals surface area contributed by atoms with Gasteiger partial charge in [0, 0.05) is 26.3 Å². The van der Waals surface area contributed by atoms with E-state index in [1.165, 1.54) is 5.56 Å². The lowest BCUT2D eigenvalue weighted by molar-refractivity contribution is 0.813. The maximum Gasteiger partial charge on any atom is 0.128 e. The molecule has 0 aliphatic heterocycles. The van der Waals surface area contributed by atoms with Crippen molar-refractivity contribution in [1.82, 2.24) is 10.3 Å². The molecule has 0 amide bonds. The van der Waals surface area contributed by atoms with E-state index >= 15 is 0 Å². The standard InChI is InChI=1S/C10H17N3/c1-8-5-9(7-11-2)6-10(12-8)13(3)4/h5-6,11H,7H2,1-4H3. The first-order chi connectivity index (χ1) is 6.13. The van der Waals surface area contributed by atoms with Crippen LogP contribution in [-0.4, -0.2) is 26.1 Å². The summed E-state index contributed by atoms with van der Waals surface area (Å²) in [6, 6.07) is 4.20. The molecule has 1 N–H and O–H groups in total. The van der Waals surface area contributed by atoms with Crippen LogP contribution in [0.5, 0.6) is 0 Å². The molecule has 1 rings (SSSR count). The SMILES string of the molecule is CNCc1cc(C)nc(N(C)C)c1. The van der Waals surface area contributed by atoms with E-state index in [0.717, 1.165) is 18.1 Å². The predicted molar refractivity (Wildman–Crippen MR) is 56.1 cm³/mol. The molecule has 1 aromatic heterocycles. The van der Waals surface area contributed by atoms with Crippen LogP contribution in [0, 0.1) is 6.92 Å². The fourth-order valence-electron chi connectivity index (χ4n) is 1.26. The number of anilines is 1. The average molecular weight is 179 g/mol. The van der Waals surface area contributed by atoms with Gasteiger partial charge >= 0.3 is 0 Å². The molecule has 3 nitrogen and oxygen atoms in total. The second-order valence-electron chi connectivity index (χ2n) is 3.40. The Hall–Kier alpha value is -1.09. The van der Waals surface area contributed by atoms with Gasteiger partial charge in [-0.3, -0.25) is 0 Å². The molecule has 0 aliphatic carbocycles. The van der Waals surface area contributed by atoms with E-state index in [1.807, 2.05) is 33.0 Å². The molecular formula is C10H17N3. The Bertz CT molecular complexity index is 281. The zero-order chi connectivity index (χ0) is 9.84. The first-order valence-electron chi connectivity index (χ1n) is 4.43. The molecule has 0 saturated heterocycles. The van der Waals surface area contributed by atoms with Crippen LogP contribution in [0.15, 0.2) is 12.1 Å². The second kappa shape index (κ2) is 4.23. The van der Waals surface area contributed by atoms with Gasteiger partial charge in [0.1, 0.15) is 5.82 Å². The monoisotopic (exact) mass is 179 g/mol. The minimum Gasteiger partial charge on any atom is -0.363 e. The lowest BCUT2D eigenvalue weighted by Crippen LogP contribution is -2.13. The lowest BCUT2D eigenvalue weighted by atomic mass is 10.2. The van der Waals surface area contributed by atoms with Gasteiger partial charge in [0.05, 0.1) is 0 Å². The van der Waals surface area contributed by atoms with Crippen molar-refractivity contribution in [1.29, 1.82) is 0 Å². The first kappa shape index (κ1) is 9.99. The van der Waals surface area contributed by atoms with Gasteiger partial charge in [-0.05, 0) is 31.7 Å². The van der Waals surface area contributed by atoms with Gasteiger partial charge in [0.2, 0.25) is 0 Å². The fraction of sp³-hybridized carbons (Fsp3) is 0.500. The Morgan fingerprint density at radius 2 is 2.08 bits per heavy atom. The molecule has 0 bridgehead atoms. The van der Waals surface area contributed by atoms with Crippen LogP contribution >= 0.6 is 0 Å². The smallest absolute Gasteiger partial charge is 0.128 e. The molecule has 0 aromatic carbocycles. The maximum atomic E-state index is 4.41. The minimum atomic E-state index is 0.893. The number of rotatable bonds is 3. The topological polar surface area (TPSA) is 28.2 Å². The van der Waals surface area contributed by atoms with Crippen LogP contribution in [0.1, 0.15) is 11.3 Å². The highest BCUT2D eigenvalue weighted by Gasteiger charge is 2.00. The van der Waals surface area contributed by atoms with Gasteiger partial charge in [0.25, 0.3) is 0 Å². The molecule has 0 atom stereocenters. The van der Waals surface area contributed by atoms with Crippen molar-refractivity contribution in [2.75, 3.05) is 26.0 Å². The van der Waals surface area contributed by atoms with Crippen molar-refractivity contribution in [2.45, 2.75) is 13.5 Å². The van der Waals surface area contributed by atoms with Gasteiger partial charge in [0.15, 0.2) is 0 Å². The molecule has 3 heteroatoms. The Balaban J connectivity index is 2.96. The van der Waals surface area contributed by atoms with Crippen LogP contribution in [0.4, 0.5) is 5.82 Å². The van der Waals surface area contributed by atoms with Gasteiger partial charge in [-0.1, -0.05) is 0 Å². The summed E-state index contributed by atoms with van der Waals surface area (Å²) < 4.78 is 0. The number of pyridine rings is 1. The number of aryl methyl sites for hydroxylation is 1. The second-order valence-corrected chi connectivity index (χ2v) is 3.40. The molecule has 13 heavy (non-hydrogen) atoms. The summed E-state index contributed by atoms with van der Waals surface area (Å²) in [7, 11) is 5.96. The van der Waals surface area contributed by atoms with Crippen molar-refractivity contribution in [2.24, 2.45) is 0 Å². The van der Waals surface area contributed by atoms with Gasteiger partial charge in [-0.2, -0.15) is 0 Å². The van der Waals surface area contributed by atoms with Crippen LogP contribution in [0.3, 0.4) is 0 Å².